The summed E-state index contributed by atoms with van der Waals surface area (Å²) < 4.78 is 14.5. The number of fused-ring (bicyclic) bond motifs is 6. The quantitative estimate of drug-likeness (QED) is 0.0381. The van der Waals surface area contributed by atoms with E-state index in [1.165, 1.54) is 215 Å². The molecule has 6 heterocycles. The molecule has 12 rings (SSSR count). The lowest BCUT2D eigenvalue weighted by Gasteiger charge is -2.28. The molecule has 90 heavy (non-hydrogen) atoms. The minimum atomic E-state index is 1.06. The van der Waals surface area contributed by atoms with Gasteiger partial charge in [-0.1, -0.05) is 163 Å². The number of hydrogen-bond acceptors (Lipinski definition) is 0. The summed E-state index contributed by atoms with van der Waals surface area (Å²) in [5, 5.41) is 0. The van der Waals surface area contributed by atoms with Crippen LogP contribution in [0.2, 0.25) is 0 Å². The molecule has 2 aliphatic carbocycles. The average molecular weight is 1190 g/mol. The molecule has 0 saturated carbocycles. The van der Waals surface area contributed by atoms with E-state index >= 15 is 0 Å². The van der Waals surface area contributed by atoms with Crippen molar-refractivity contribution in [3.8, 4) is 78.7 Å². The number of pyridine rings is 6. The summed E-state index contributed by atoms with van der Waals surface area (Å²) in [5.74, 6) is 0. The third-order valence-electron chi connectivity index (χ3n) is 19.0. The molecule has 6 heteroatoms. The van der Waals surface area contributed by atoms with Crippen LogP contribution in [0, 0.1) is 13.8 Å². The Hall–Kier alpha value is -8.22. The van der Waals surface area contributed by atoms with E-state index in [1.807, 2.05) is 0 Å². The third-order valence-corrected chi connectivity index (χ3v) is 19.0. The second-order valence-electron chi connectivity index (χ2n) is 25.7. The average Bonchev–Trinajstić information content (AvgIpc) is 0.771. The van der Waals surface area contributed by atoms with Gasteiger partial charge in [-0.3, -0.25) is 0 Å². The lowest BCUT2D eigenvalue weighted by atomic mass is 9.77. The van der Waals surface area contributed by atoms with Gasteiger partial charge in [0.05, 0.1) is 41.0 Å². The summed E-state index contributed by atoms with van der Waals surface area (Å²) in [6.45, 7) is 17.7. The molecular formula is C84H100N6+6. The number of rotatable bonds is 26. The molecule has 4 aromatic carbocycles. The van der Waals surface area contributed by atoms with Crippen LogP contribution in [-0.4, -0.2) is 0 Å². The highest BCUT2D eigenvalue weighted by atomic mass is 15.0. The van der Waals surface area contributed by atoms with Crippen molar-refractivity contribution in [2.75, 3.05) is 0 Å². The van der Waals surface area contributed by atoms with Gasteiger partial charge in [0.25, 0.3) is 0 Å². The van der Waals surface area contributed by atoms with Gasteiger partial charge < -0.3 is 0 Å². The molecule has 0 N–H and O–H groups in total. The van der Waals surface area contributed by atoms with Crippen LogP contribution in [0.3, 0.4) is 0 Å². The molecule has 6 aromatic heterocycles. The van der Waals surface area contributed by atoms with Crippen molar-refractivity contribution < 1.29 is 27.4 Å². The van der Waals surface area contributed by atoms with Gasteiger partial charge >= 0.3 is 0 Å². The molecule has 0 saturated heterocycles. The van der Waals surface area contributed by atoms with Crippen LogP contribution in [0.5, 0.6) is 0 Å². The van der Waals surface area contributed by atoms with Gasteiger partial charge in [-0.15, -0.1) is 0 Å². The summed E-state index contributed by atoms with van der Waals surface area (Å²) in [6, 6.07) is 59.5. The molecule has 0 atom stereocenters. The van der Waals surface area contributed by atoms with Crippen LogP contribution >= 0.6 is 0 Å². The van der Waals surface area contributed by atoms with E-state index in [9.17, 15) is 0 Å². The number of unbranched alkanes of at least 4 members (excludes halogenated alkanes) is 12. The van der Waals surface area contributed by atoms with Crippen molar-refractivity contribution in [2.45, 2.75) is 196 Å². The first-order valence-electron chi connectivity index (χ1n) is 34.8. The van der Waals surface area contributed by atoms with E-state index < -0.39 is 0 Å². The van der Waals surface area contributed by atoms with Gasteiger partial charge in [0.1, 0.15) is 26.2 Å². The third kappa shape index (κ3) is 15.3. The number of nitrogens with zero attached hydrogens (tertiary/aromatic N) is 6. The summed E-state index contributed by atoms with van der Waals surface area (Å²) in [6.07, 6.45) is 43.0. The molecule has 0 aliphatic heterocycles. The maximum absolute atomic E-state index is 2.64. The Morgan fingerprint density at radius 3 is 1.04 bits per heavy atom. The van der Waals surface area contributed by atoms with Gasteiger partial charge in [0.2, 0.25) is 34.2 Å². The smallest absolute Gasteiger partial charge is 0.205 e. The van der Waals surface area contributed by atoms with Crippen molar-refractivity contribution in [3.63, 3.8) is 0 Å². The van der Waals surface area contributed by atoms with Crippen LogP contribution in [0.15, 0.2) is 207 Å². The standard InChI is InChI=1S/C43H50N3.C41H50N3/c1-3-5-7-13-27-44-29-23-35(24-30-44)41-39-21-19-33-15-9-11-17-37(33)42(39)46(36-25-31-45(32-26-36)28-14-8-6-4-2)43-38-18-12-10-16-34(38)20-22-40(41)43;1-5-7-9-11-25-42-27-21-37(22-28-42)41-32-38(35-17-13-33(3)14-18-35)31-40(36-19-15-34(4)16-20-36)44(41)39-23-29-43(30-24-39)26-12-10-8-6-2/h9-12,15-18,23-26,29-32H,3-8,13-14,19-22,27-28H2,1-2H3;13-24,27-32H,5-12,25-26H2,1-4H3/q2*+3. The Kier molecular flexibility index (Phi) is 22.2. The fraction of sp³-hybridized carbons (Fsp3) is 0.357. The molecular weight excluding hydrogens is 1090 g/mol. The van der Waals surface area contributed by atoms with Gasteiger partial charge in [0, 0.05) is 84.3 Å². The number of benzene rings is 4. The van der Waals surface area contributed by atoms with Crippen LogP contribution in [0.4, 0.5) is 0 Å². The van der Waals surface area contributed by atoms with E-state index in [0.717, 1.165) is 51.9 Å². The van der Waals surface area contributed by atoms with Gasteiger partial charge in [0.15, 0.2) is 49.6 Å². The molecule has 0 radical (unpaired) electrons. The number of aromatic nitrogens is 6. The molecule has 10 aromatic rings. The predicted molar refractivity (Wildman–Crippen MR) is 370 cm³/mol. The van der Waals surface area contributed by atoms with Crippen molar-refractivity contribution in [1.82, 2.24) is 0 Å². The zero-order valence-corrected chi connectivity index (χ0v) is 55.3. The molecule has 0 amide bonds. The van der Waals surface area contributed by atoms with Crippen molar-refractivity contribution in [1.29, 1.82) is 0 Å². The topological polar surface area (TPSA) is 23.3 Å². The van der Waals surface area contributed by atoms with Crippen LogP contribution in [0.25, 0.3) is 78.7 Å². The van der Waals surface area contributed by atoms with Crippen LogP contribution in [-0.2, 0) is 51.9 Å². The summed E-state index contributed by atoms with van der Waals surface area (Å²) in [5.41, 5.74) is 26.5. The van der Waals surface area contributed by atoms with Gasteiger partial charge in [-0.05, 0) is 117 Å². The monoisotopic (exact) mass is 1190 g/mol. The Balaban J connectivity index is 0.000000185. The van der Waals surface area contributed by atoms with Gasteiger partial charge in [-0.2, -0.15) is 9.13 Å². The maximum Gasteiger partial charge on any atom is 0.223 e. The first kappa shape index (κ1) is 63.4. The maximum atomic E-state index is 2.64. The molecule has 0 bridgehead atoms. The number of aryl methyl sites for hydroxylation is 8. The Bertz CT molecular complexity index is 3840. The Morgan fingerprint density at radius 1 is 0.300 bits per heavy atom. The normalized spacial score (nSPS) is 12.2. The van der Waals surface area contributed by atoms with E-state index in [-0.39, 0.29) is 0 Å². The van der Waals surface area contributed by atoms with E-state index in [2.05, 4.69) is 276 Å². The zero-order chi connectivity index (χ0) is 62.0. The molecule has 0 unspecified atom stereocenters. The molecule has 0 spiro atoms. The van der Waals surface area contributed by atoms with Crippen molar-refractivity contribution >= 4 is 0 Å². The highest BCUT2D eigenvalue weighted by Gasteiger charge is 2.39. The highest BCUT2D eigenvalue weighted by Crippen LogP contribution is 2.45. The molecule has 6 nitrogen and oxygen atoms in total. The summed E-state index contributed by atoms with van der Waals surface area (Å²) in [4.78, 5) is 0. The van der Waals surface area contributed by atoms with Crippen LogP contribution in [0.1, 0.15) is 164 Å². The minimum Gasteiger partial charge on any atom is -0.205 e. The van der Waals surface area contributed by atoms with Crippen LogP contribution < -0.4 is 27.4 Å². The first-order valence-corrected chi connectivity index (χ1v) is 34.8. The Morgan fingerprint density at radius 2 is 0.644 bits per heavy atom. The van der Waals surface area contributed by atoms with Crippen molar-refractivity contribution in [2.24, 2.45) is 0 Å². The second-order valence-corrected chi connectivity index (χ2v) is 25.7. The summed E-state index contributed by atoms with van der Waals surface area (Å²) >= 11 is 0. The highest BCUT2D eigenvalue weighted by molar-refractivity contribution is 5.86. The second kappa shape index (κ2) is 31.5. The number of hydrogen-bond donors (Lipinski definition) is 0. The minimum absolute atomic E-state index is 1.06. The lowest BCUT2D eigenvalue weighted by molar-refractivity contribution is -0.698. The summed E-state index contributed by atoms with van der Waals surface area (Å²) in [7, 11) is 0. The zero-order valence-electron chi connectivity index (χ0n) is 55.3. The fourth-order valence-corrected chi connectivity index (χ4v) is 13.8. The fourth-order valence-electron chi connectivity index (χ4n) is 13.8. The Labute approximate surface area is 539 Å². The SMILES string of the molecule is CCCCCC[n+]1ccc(-c2c3c([n+](-c4cc[n+](CCCCCC)cc4)c4c2CCc2ccccc2-4)-c2ccccc2CC3)cc1.CCCCCC[n+]1ccc(-c2cc(-c3ccc(C)cc3)cc(-c3ccc(C)cc3)[n+]2-c2cc[n+](CCCCCC)cc2)cc1. The molecule has 460 valence electrons. The van der Waals surface area contributed by atoms with E-state index in [0.29, 0.717) is 0 Å². The largest absolute Gasteiger partial charge is 0.223 e. The lowest BCUT2D eigenvalue weighted by Crippen LogP contribution is -2.42. The van der Waals surface area contributed by atoms with Crippen molar-refractivity contribution in [3.05, 3.63) is 241 Å². The van der Waals surface area contributed by atoms with E-state index in [4.69, 9.17) is 0 Å². The van der Waals surface area contributed by atoms with E-state index in [1.54, 1.807) is 0 Å². The predicted octanol–water partition coefficient (Wildman–Crippen LogP) is 18.2. The van der Waals surface area contributed by atoms with Gasteiger partial charge in [-0.25, -0.2) is 18.3 Å². The molecule has 2 aliphatic rings. The first-order chi connectivity index (χ1) is 44.3. The molecule has 0 fully saturated rings.